The first kappa shape index (κ1) is 13.7. The number of H-pyrrole nitrogens is 1. The Morgan fingerprint density at radius 1 is 1.60 bits per heavy atom. The zero-order valence-electron chi connectivity index (χ0n) is 11.1. The normalized spacial score (nSPS) is 10.5. The molecule has 2 heterocycles. The Hall–Kier alpha value is -2.71. The molecule has 0 atom stereocenters. The van der Waals surface area contributed by atoms with Crippen molar-refractivity contribution in [2.45, 2.75) is 20.0 Å². The van der Waals surface area contributed by atoms with Crippen LogP contribution < -0.4 is 0 Å². The molecule has 0 bridgehead atoms. The highest BCUT2D eigenvalue weighted by Crippen LogP contribution is 2.16. The fourth-order valence-corrected chi connectivity index (χ4v) is 1.75. The second kappa shape index (κ2) is 5.51. The van der Waals surface area contributed by atoms with E-state index in [9.17, 15) is 14.9 Å². The maximum atomic E-state index is 12.1. The van der Waals surface area contributed by atoms with Crippen LogP contribution in [0, 0.1) is 10.1 Å². The first-order valence-corrected chi connectivity index (χ1v) is 5.98. The van der Waals surface area contributed by atoms with E-state index in [1.165, 1.54) is 4.90 Å². The van der Waals surface area contributed by atoms with Crippen LogP contribution in [0.2, 0.25) is 0 Å². The SMILES string of the molecule is CCn1ccc(CN(C)C(=O)c2[nH]ncc2[N+](=O)[O-])n1. The minimum Gasteiger partial charge on any atom is -0.334 e. The molecule has 106 valence electrons. The van der Waals surface area contributed by atoms with E-state index in [2.05, 4.69) is 15.3 Å². The van der Waals surface area contributed by atoms with Gasteiger partial charge in [0.25, 0.3) is 5.91 Å². The Morgan fingerprint density at radius 3 is 2.95 bits per heavy atom. The quantitative estimate of drug-likeness (QED) is 0.642. The van der Waals surface area contributed by atoms with Crippen molar-refractivity contribution in [1.82, 2.24) is 24.9 Å². The van der Waals surface area contributed by atoms with E-state index in [1.807, 2.05) is 13.1 Å². The number of nitrogens with zero attached hydrogens (tertiary/aromatic N) is 5. The van der Waals surface area contributed by atoms with Gasteiger partial charge in [0.05, 0.1) is 17.2 Å². The third-order valence-corrected chi connectivity index (χ3v) is 2.80. The van der Waals surface area contributed by atoms with Gasteiger partial charge in [0.1, 0.15) is 6.20 Å². The van der Waals surface area contributed by atoms with Crippen LogP contribution in [0.3, 0.4) is 0 Å². The van der Waals surface area contributed by atoms with Gasteiger partial charge in [-0.1, -0.05) is 0 Å². The minimum absolute atomic E-state index is 0.132. The number of rotatable bonds is 5. The van der Waals surface area contributed by atoms with Gasteiger partial charge < -0.3 is 4.90 Å². The van der Waals surface area contributed by atoms with Crippen LogP contribution in [0.25, 0.3) is 0 Å². The summed E-state index contributed by atoms with van der Waals surface area (Å²) in [5, 5.41) is 20.9. The molecule has 0 fully saturated rings. The standard InChI is InChI=1S/C11H14N6O3/c1-3-16-5-4-8(14-16)7-15(2)11(18)10-9(17(19)20)6-12-13-10/h4-6H,3,7H2,1-2H3,(H,12,13). The van der Waals surface area contributed by atoms with Gasteiger partial charge in [-0.25, -0.2) is 0 Å². The van der Waals surface area contributed by atoms with Crippen LogP contribution in [-0.4, -0.2) is 42.8 Å². The Labute approximate surface area is 114 Å². The fourth-order valence-electron chi connectivity index (χ4n) is 1.75. The van der Waals surface area contributed by atoms with E-state index in [4.69, 9.17) is 0 Å². The molecule has 0 saturated heterocycles. The molecule has 0 aliphatic heterocycles. The molecule has 2 aromatic heterocycles. The first-order valence-electron chi connectivity index (χ1n) is 5.98. The number of aromatic amines is 1. The average molecular weight is 278 g/mol. The maximum Gasteiger partial charge on any atom is 0.319 e. The van der Waals surface area contributed by atoms with E-state index in [-0.39, 0.29) is 17.9 Å². The lowest BCUT2D eigenvalue weighted by atomic mass is 10.3. The number of amides is 1. The van der Waals surface area contributed by atoms with Crippen molar-refractivity contribution in [2.24, 2.45) is 0 Å². The molecule has 0 aromatic carbocycles. The molecule has 1 amide bonds. The number of carbonyl (C=O) groups is 1. The number of aromatic nitrogens is 4. The van der Waals surface area contributed by atoms with E-state index in [1.54, 1.807) is 17.8 Å². The second-order valence-corrected chi connectivity index (χ2v) is 4.21. The van der Waals surface area contributed by atoms with Gasteiger partial charge >= 0.3 is 5.69 Å². The highest BCUT2D eigenvalue weighted by atomic mass is 16.6. The number of nitro groups is 1. The van der Waals surface area contributed by atoms with Crippen LogP contribution in [0.1, 0.15) is 23.1 Å². The van der Waals surface area contributed by atoms with Crippen molar-refractivity contribution in [3.63, 3.8) is 0 Å². The molecule has 0 spiro atoms. The van der Waals surface area contributed by atoms with Crippen molar-refractivity contribution in [1.29, 1.82) is 0 Å². The van der Waals surface area contributed by atoms with Gasteiger partial charge in [-0.15, -0.1) is 0 Å². The van der Waals surface area contributed by atoms with E-state index in [0.717, 1.165) is 12.7 Å². The number of nitrogens with one attached hydrogen (secondary N) is 1. The molecule has 0 saturated carbocycles. The van der Waals surface area contributed by atoms with Gasteiger partial charge in [-0.05, 0) is 13.0 Å². The summed E-state index contributed by atoms with van der Waals surface area (Å²) >= 11 is 0. The summed E-state index contributed by atoms with van der Waals surface area (Å²) in [5.74, 6) is -0.500. The molecule has 0 radical (unpaired) electrons. The van der Waals surface area contributed by atoms with Crippen LogP contribution in [0.15, 0.2) is 18.5 Å². The lowest BCUT2D eigenvalue weighted by Crippen LogP contribution is -2.27. The molecule has 2 rings (SSSR count). The molecular weight excluding hydrogens is 264 g/mol. The smallest absolute Gasteiger partial charge is 0.319 e. The van der Waals surface area contributed by atoms with Gasteiger partial charge in [0.15, 0.2) is 0 Å². The number of aryl methyl sites for hydroxylation is 1. The Kier molecular flexibility index (Phi) is 3.78. The van der Waals surface area contributed by atoms with E-state index < -0.39 is 10.8 Å². The van der Waals surface area contributed by atoms with Gasteiger partial charge in [0, 0.05) is 19.8 Å². The summed E-state index contributed by atoms with van der Waals surface area (Å²) < 4.78 is 1.74. The van der Waals surface area contributed by atoms with Crippen molar-refractivity contribution in [3.8, 4) is 0 Å². The lowest BCUT2D eigenvalue weighted by Gasteiger charge is -2.14. The van der Waals surface area contributed by atoms with Crippen molar-refractivity contribution in [2.75, 3.05) is 7.05 Å². The molecule has 0 aliphatic rings. The third kappa shape index (κ3) is 2.66. The molecule has 0 aliphatic carbocycles. The van der Waals surface area contributed by atoms with E-state index >= 15 is 0 Å². The largest absolute Gasteiger partial charge is 0.334 e. The van der Waals surface area contributed by atoms with Gasteiger partial charge in [0.2, 0.25) is 5.69 Å². The van der Waals surface area contributed by atoms with Gasteiger partial charge in [-0.3, -0.25) is 24.7 Å². The monoisotopic (exact) mass is 278 g/mol. The summed E-state index contributed by atoms with van der Waals surface area (Å²) in [6.45, 7) is 2.96. The Morgan fingerprint density at radius 2 is 2.35 bits per heavy atom. The fraction of sp³-hybridized carbons (Fsp3) is 0.364. The summed E-state index contributed by atoms with van der Waals surface area (Å²) in [6.07, 6.45) is 2.83. The predicted octanol–water partition coefficient (Wildman–Crippen LogP) is 0.806. The zero-order chi connectivity index (χ0) is 14.7. The lowest BCUT2D eigenvalue weighted by molar-refractivity contribution is -0.385. The maximum absolute atomic E-state index is 12.1. The molecule has 9 heteroatoms. The van der Waals surface area contributed by atoms with Crippen LogP contribution in [0.4, 0.5) is 5.69 Å². The second-order valence-electron chi connectivity index (χ2n) is 4.21. The van der Waals surface area contributed by atoms with Crippen molar-refractivity contribution < 1.29 is 9.72 Å². The highest BCUT2D eigenvalue weighted by Gasteiger charge is 2.25. The summed E-state index contributed by atoms with van der Waals surface area (Å²) in [6, 6.07) is 1.80. The zero-order valence-corrected chi connectivity index (χ0v) is 11.1. The minimum atomic E-state index is -0.642. The number of hydrogen-bond donors (Lipinski definition) is 1. The summed E-state index contributed by atoms with van der Waals surface area (Å²) in [7, 11) is 1.55. The molecular formula is C11H14N6O3. The number of carbonyl (C=O) groups excluding carboxylic acids is 1. The molecule has 20 heavy (non-hydrogen) atoms. The topological polar surface area (TPSA) is 110 Å². The molecule has 0 unspecified atom stereocenters. The van der Waals surface area contributed by atoms with Crippen LogP contribution in [-0.2, 0) is 13.1 Å². The molecule has 9 nitrogen and oxygen atoms in total. The van der Waals surface area contributed by atoms with Crippen molar-refractivity contribution in [3.05, 3.63) is 40.0 Å². The predicted molar refractivity (Wildman–Crippen MR) is 68.9 cm³/mol. The summed E-state index contributed by atoms with van der Waals surface area (Å²) in [5.41, 5.74) is 0.248. The Bertz CT molecular complexity index is 632. The van der Waals surface area contributed by atoms with Crippen LogP contribution in [0.5, 0.6) is 0 Å². The number of hydrogen-bond acceptors (Lipinski definition) is 5. The molecule has 2 aromatic rings. The van der Waals surface area contributed by atoms with Crippen LogP contribution >= 0.6 is 0 Å². The van der Waals surface area contributed by atoms with Crippen molar-refractivity contribution >= 4 is 11.6 Å². The first-order chi connectivity index (χ1) is 9.52. The highest BCUT2D eigenvalue weighted by molar-refractivity contribution is 5.95. The molecule has 1 N–H and O–H groups in total. The van der Waals surface area contributed by atoms with Gasteiger partial charge in [-0.2, -0.15) is 10.2 Å². The Balaban J connectivity index is 2.12. The summed E-state index contributed by atoms with van der Waals surface area (Å²) in [4.78, 5) is 23.6. The van der Waals surface area contributed by atoms with E-state index in [0.29, 0.717) is 5.69 Å². The average Bonchev–Trinajstić information content (AvgIpc) is 3.06. The third-order valence-electron chi connectivity index (χ3n) is 2.80.